The Morgan fingerprint density at radius 1 is 1.28 bits per heavy atom. The normalized spacial score (nSPS) is 24.0. The molecule has 2 saturated heterocycles. The van der Waals surface area contributed by atoms with E-state index >= 15 is 0 Å². The number of rotatable bonds is 5. The summed E-state index contributed by atoms with van der Waals surface area (Å²) in [5.41, 5.74) is -0.0211. The van der Waals surface area contributed by atoms with E-state index < -0.39 is 10.0 Å². The summed E-state index contributed by atoms with van der Waals surface area (Å²) in [4.78, 5) is 10.6. The second-order valence-corrected chi connectivity index (χ2v) is 8.96. The second-order valence-electron chi connectivity index (χ2n) is 6.98. The molecule has 0 aromatic carbocycles. The lowest BCUT2D eigenvalue weighted by atomic mass is 9.71. The molecule has 0 N–H and O–H groups in total. The molecule has 0 aliphatic carbocycles. The molecule has 9 heteroatoms. The maximum atomic E-state index is 12.0. The van der Waals surface area contributed by atoms with Crippen molar-refractivity contribution >= 4 is 15.8 Å². The zero-order valence-corrected chi connectivity index (χ0v) is 15.8. The third-order valence-corrected chi connectivity index (χ3v) is 6.75. The summed E-state index contributed by atoms with van der Waals surface area (Å²) in [6.07, 6.45) is 4.63. The Balaban J connectivity index is 1.74. The number of methoxy groups -OCH3 is 2. The summed E-state index contributed by atoms with van der Waals surface area (Å²) < 4.78 is 36.2. The van der Waals surface area contributed by atoms with Gasteiger partial charge in [-0.25, -0.2) is 22.7 Å². The lowest BCUT2D eigenvalue weighted by Gasteiger charge is -2.42. The molecule has 2 aliphatic rings. The molecule has 1 spiro atoms. The van der Waals surface area contributed by atoms with Crippen LogP contribution in [0.15, 0.2) is 12.4 Å². The van der Waals surface area contributed by atoms with Crippen molar-refractivity contribution in [1.29, 1.82) is 0 Å². The molecule has 1 atom stereocenters. The van der Waals surface area contributed by atoms with Gasteiger partial charge in [-0.2, -0.15) is 0 Å². The first-order valence-corrected chi connectivity index (χ1v) is 10.3. The Hall–Kier alpha value is -1.45. The third-order valence-electron chi connectivity index (χ3n) is 5.54. The van der Waals surface area contributed by atoms with Crippen LogP contribution in [0.4, 0.5) is 5.82 Å². The van der Waals surface area contributed by atoms with Gasteiger partial charge in [0.15, 0.2) is 0 Å². The van der Waals surface area contributed by atoms with E-state index in [1.165, 1.54) is 12.6 Å². The van der Waals surface area contributed by atoms with Crippen LogP contribution in [0.3, 0.4) is 0 Å². The zero-order valence-electron chi connectivity index (χ0n) is 15.0. The molecule has 2 aliphatic heterocycles. The molecule has 3 heterocycles. The fraction of sp³-hybridized carbons (Fsp3) is 0.750. The van der Waals surface area contributed by atoms with Gasteiger partial charge in [0.05, 0.1) is 20.0 Å². The van der Waals surface area contributed by atoms with Gasteiger partial charge in [0.1, 0.15) is 12.1 Å². The Bertz CT molecular complexity index is 704. The van der Waals surface area contributed by atoms with Gasteiger partial charge in [0.2, 0.25) is 15.9 Å². The molecule has 8 nitrogen and oxygen atoms in total. The summed E-state index contributed by atoms with van der Waals surface area (Å²) >= 11 is 0. The number of anilines is 1. The van der Waals surface area contributed by atoms with Crippen LogP contribution in [0.1, 0.15) is 12.8 Å². The number of piperidine rings is 1. The predicted molar refractivity (Wildman–Crippen MR) is 94.2 cm³/mol. The van der Waals surface area contributed by atoms with Crippen molar-refractivity contribution in [1.82, 2.24) is 14.3 Å². The van der Waals surface area contributed by atoms with Gasteiger partial charge in [-0.05, 0) is 18.3 Å². The Morgan fingerprint density at radius 3 is 2.60 bits per heavy atom. The van der Waals surface area contributed by atoms with Crippen LogP contribution in [-0.2, 0) is 14.8 Å². The highest BCUT2D eigenvalue weighted by Crippen LogP contribution is 2.46. The topological polar surface area (TPSA) is 84.9 Å². The molecule has 0 radical (unpaired) electrons. The van der Waals surface area contributed by atoms with E-state index in [4.69, 9.17) is 9.47 Å². The standard InChI is InChI=1S/C16H26N4O4S/c1-23-10-13-9-20(25(3,21)22)11-16(13)4-6-19(7-5-16)14-8-15(24-2)18-12-17-14/h8,12-13H,4-7,9-11H2,1-3H3. The van der Waals surface area contributed by atoms with E-state index in [9.17, 15) is 8.42 Å². The third kappa shape index (κ3) is 3.73. The van der Waals surface area contributed by atoms with E-state index in [0.717, 1.165) is 31.7 Å². The van der Waals surface area contributed by atoms with Crippen molar-refractivity contribution in [3.05, 3.63) is 12.4 Å². The number of sulfonamides is 1. The number of hydrogen-bond donors (Lipinski definition) is 0. The first-order valence-electron chi connectivity index (χ1n) is 8.43. The molecule has 140 valence electrons. The minimum Gasteiger partial charge on any atom is -0.481 e. The van der Waals surface area contributed by atoms with Gasteiger partial charge < -0.3 is 14.4 Å². The van der Waals surface area contributed by atoms with Crippen LogP contribution in [0.25, 0.3) is 0 Å². The van der Waals surface area contributed by atoms with Gasteiger partial charge >= 0.3 is 0 Å². The average molecular weight is 370 g/mol. The largest absolute Gasteiger partial charge is 0.481 e. The molecule has 3 rings (SSSR count). The average Bonchev–Trinajstić information content (AvgIpc) is 2.94. The second kappa shape index (κ2) is 7.05. The maximum Gasteiger partial charge on any atom is 0.218 e. The van der Waals surface area contributed by atoms with Gasteiger partial charge in [0.25, 0.3) is 0 Å². The van der Waals surface area contributed by atoms with Crippen LogP contribution in [0.5, 0.6) is 5.88 Å². The van der Waals surface area contributed by atoms with E-state index in [-0.39, 0.29) is 11.3 Å². The molecule has 25 heavy (non-hydrogen) atoms. The van der Waals surface area contributed by atoms with Crippen molar-refractivity contribution in [3.63, 3.8) is 0 Å². The van der Waals surface area contributed by atoms with Crippen molar-refractivity contribution < 1.29 is 17.9 Å². The van der Waals surface area contributed by atoms with Crippen LogP contribution >= 0.6 is 0 Å². The molecular weight excluding hydrogens is 344 g/mol. The van der Waals surface area contributed by atoms with Crippen LogP contribution in [-0.4, -0.2) is 76.0 Å². The summed E-state index contributed by atoms with van der Waals surface area (Å²) in [6, 6.07) is 1.84. The van der Waals surface area contributed by atoms with Crippen LogP contribution in [0, 0.1) is 11.3 Å². The van der Waals surface area contributed by atoms with Crippen molar-refractivity contribution in [2.45, 2.75) is 12.8 Å². The minimum absolute atomic E-state index is 0.0211. The molecular formula is C16H26N4O4S. The number of hydrogen-bond acceptors (Lipinski definition) is 7. The highest BCUT2D eigenvalue weighted by atomic mass is 32.2. The Labute approximate surface area is 149 Å². The van der Waals surface area contributed by atoms with Gasteiger partial charge in [-0.1, -0.05) is 0 Å². The summed E-state index contributed by atoms with van der Waals surface area (Å²) in [7, 11) is 0.0911. The van der Waals surface area contributed by atoms with Gasteiger partial charge in [-0.3, -0.25) is 0 Å². The molecule has 1 aromatic rings. The molecule has 0 bridgehead atoms. The quantitative estimate of drug-likeness (QED) is 0.751. The number of aromatic nitrogens is 2. The smallest absolute Gasteiger partial charge is 0.218 e. The van der Waals surface area contributed by atoms with E-state index in [1.54, 1.807) is 18.5 Å². The van der Waals surface area contributed by atoms with Crippen LogP contribution < -0.4 is 9.64 Å². The highest BCUT2D eigenvalue weighted by Gasteiger charge is 2.50. The van der Waals surface area contributed by atoms with Crippen molar-refractivity contribution in [2.75, 3.05) is 58.2 Å². The van der Waals surface area contributed by atoms with Crippen molar-refractivity contribution in [2.24, 2.45) is 11.3 Å². The van der Waals surface area contributed by atoms with E-state index in [1.807, 2.05) is 6.07 Å². The molecule has 0 amide bonds. The lowest BCUT2D eigenvalue weighted by molar-refractivity contribution is 0.0763. The Kier molecular flexibility index (Phi) is 5.17. The maximum absolute atomic E-state index is 12.0. The monoisotopic (exact) mass is 370 g/mol. The summed E-state index contributed by atoms with van der Waals surface area (Å²) in [5.74, 6) is 1.63. The number of ether oxygens (including phenoxy) is 2. The van der Waals surface area contributed by atoms with Crippen molar-refractivity contribution in [3.8, 4) is 5.88 Å². The summed E-state index contributed by atoms with van der Waals surface area (Å²) in [5, 5.41) is 0. The Morgan fingerprint density at radius 2 is 2.00 bits per heavy atom. The summed E-state index contributed by atoms with van der Waals surface area (Å²) in [6.45, 7) is 3.39. The molecule has 2 fully saturated rings. The fourth-order valence-corrected chi connectivity index (χ4v) is 4.97. The molecule has 1 aromatic heterocycles. The predicted octanol–water partition coefficient (Wildman–Crippen LogP) is 0.610. The molecule has 1 unspecified atom stereocenters. The van der Waals surface area contributed by atoms with Gasteiger partial charge in [-0.15, -0.1) is 0 Å². The zero-order chi connectivity index (χ0) is 18.1. The minimum atomic E-state index is -3.18. The van der Waals surface area contributed by atoms with E-state index in [2.05, 4.69) is 14.9 Å². The van der Waals surface area contributed by atoms with Crippen LogP contribution in [0.2, 0.25) is 0 Å². The highest BCUT2D eigenvalue weighted by molar-refractivity contribution is 7.88. The van der Waals surface area contributed by atoms with E-state index in [0.29, 0.717) is 25.6 Å². The number of nitrogens with zero attached hydrogens (tertiary/aromatic N) is 4. The molecule has 0 saturated carbocycles. The SMILES string of the molecule is COCC1CN(S(C)(=O)=O)CC12CCN(c1cc(OC)ncn1)CC2. The first kappa shape index (κ1) is 18.3. The lowest BCUT2D eigenvalue weighted by Crippen LogP contribution is -2.45. The fourth-order valence-electron chi connectivity index (χ4n) is 4.03. The van der Waals surface area contributed by atoms with Gasteiger partial charge in [0, 0.05) is 45.3 Å². The first-order chi connectivity index (χ1) is 11.9.